The molecule has 1 N–H and O–H groups in total. The minimum Gasteiger partial charge on any atom is -0.339 e. The van der Waals surface area contributed by atoms with Gasteiger partial charge in [0.15, 0.2) is 0 Å². The van der Waals surface area contributed by atoms with E-state index >= 15 is 0 Å². The number of aryl methyl sites for hydroxylation is 1. The lowest BCUT2D eigenvalue weighted by Crippen LogP contribution is -2.40. The first-order chi connectivity index (χ1) is 11.1. The second kappa shape index (κ2) is 6.36. The normalized spacial score (nSPS) is 15.8. The van der Waals surface area contributed by atoms with Crippen LogP contribution in [0.15, 0.2) is 23.5 Å². The first-order valence-electron chi connectivity index (χ1n) is 7.87. The molecule has 1 aliphatic rings. The lowest BCUT2D eigenvalue weighted by atomic mass is 9.96. The van der Waals surface area contributed by atoms with Crippen molar-refractivity contribution in [1.29, 1.82) is 0 Å². The molecular formula is C16H21N5O2. The topological polar surface area (TPSA) is 83.9 Å². The molecule has 0 bridgehead atoms. The van der Waals surface area contributed by atoms with Crippen molar-refractivity contribution in [3.63, 3.8) is 0 Å². The maximum absolute atomic E-state index is 12.3. The van der Waals surface area contributed by atoms with Gasteiger partial charge in [0, 0.05) is 37.1 Å². The highest BCUT2D eigenvalue weighted by Gasteiger charge is 2.24. The number of nitrogens with one attached hydrogen (secondary N) is 1. The van der Waals surface area contributed by atoms with Crippen LogP contribution >= 0.6 is 0 Å². The van der Waals surface area contributed by atoms with Gasteiger partial charge in [0.2, 0.25) is 0 Å². The van der Waals surface area contributed by atoms with Gasteiger partial charge in [-0.2, -0.15) is 5.10 Å². The number of nitrogens with zero attached hydrogens (tertiary/aromatic N) is 4. The number of carbonyl (C=O) groups excluding carboxylic acids is 1. The number of H-pyrrole nitrogens is 1. The van der Waals surface area contributed by atoms with Gasteiger partial charge in [-0.05, 0) is 32.6 Å². The van der Waals surface area contributed by atoms with Gasteiger partial charge in [0.1, 0.15) is 0 Å². The summed E-state index contributed by atoms with van der Waals surface area (Å²) < 4.78 is 1.69. The minimum absolute atomic E-state index is 0.0159. The Morgan fingerprint density at radius 3 is 2.74 bits per heavy atom. The van der Waals surface area contributed by atoms with Crippen LogP contribution in [0.3, 0.4) is 0 Å². The van der Waals surface area contributed by atoms with Crippen molar-refractivity contribution in [2.24, 2.45) is 5.92 Å². The summed E-state index contributed by atoms with van der Waals surface area (Å²) >= 11 is 0. The van der Waals surface area contributed by atoms with Crippen LogP contribution in [0.4, 0.5) is 0 Å². The van der Waals surface area contributed by atoms with E-state index in [0.29, 0.717) is 36.7 Å². The number of piperidine rings is 1. The summed E-state index contributed by atoms with van der Waals surface area (Å²) in [7, 11) is 0. The molecule has 7 nitrogen and oxygen atoms in total. The predicted molar refractivity (Wildman–Crippen MR) is 85.2 cm³/mol. The number of hydrogen-bond donors (Lipinski definition) is 1. The minimum atomic E-state index is 0.0159. The summed E-state index contributed by atoms with van der Waals surface area (Å²) in [6, 6.07) is 0. The second-order valence-electron chi connectivity index (χ2n) is 6.14. The summed E-state index contributed by atoms with van der Waals surface area (Å²) in [6.45, 7) is 5.75. The molecule has 1 saturated heterocycles. The number of rotatable bonds is 3. The van der Waals surface area contributed by atoms with Gasteiger partial charge in [0.05, 0.1) is 18.1 Å². The maximum Gasteiger partial charge on any atom is 0.257 e. The molecule has 0 atom stereocenters. The van der Waals surface area contributed by atoms with Crippen LogP contribution in [0.5, 0.6) is 0 Å². The average Bonchev–Trinajstić information content (AvgIpc) is 3.10. The first-order valence-corrected chi connectivity index (χ1v) is 7.87. The van der Waals surface area contributed by atoms with Crippen LogP contribution in [-0.2, 0) is 6.54 Å². The Morgan fingerprint density at radius 1 is 1.35 bits per heavy atom. The van der Waals surface area contributed by atoms with Gasteiger partial charge in [-0.3, -0.25) is 19.3 Å². The Kier molecular flexibility index (Phi) is 4.27. The molecule has 0 spiro atoms. The zero-order chi connectivity index (χ0) is 16.4. The first kappa shape index (κ1) is 15.5. The van der Waals surface area contributed by atoms with E-state index in [0.717, 1.165) is 18.5 Å². The van der Waals surface area contributed by atoms with E-state index in [1.165, 1.54) is 0 Å². The van der Waals surface area contributed by atoms with E-state index in [9.17, 15) is 9.59 Å². The number of hydrogen-bond acceptors (Lipinski definition) is 4. The van der Waals surface area contributed by atoms with Gasteiger partial charge in [-0.1, -0.05) is 0 Å². The van der Waals surface area contributed by atoms with Crippen LogP contribution < -0.4 is 5.56 Å². The lowest BCUT2D eigenvalue weighted by Gasteiger charge is -2.32. The molecule has 1 amide bonds. The van der Waals surface area contributed by atoms with Gasteiger partial charge in [0.25, 0.3) is 11.5 Å². The largest absolute Gasteiger partial charge is 0.339 e. The zero-order valence-electron chi connectivity index (χ0n) is 13.5. The highest BCUT2D eigenvalue weighted by molar-refractivity contribution is 5.93. The van der Waals surface area contributed by atoms with E-state index in [2.05, 4.69) is 15.2 Å². The zero-order valence-corrected chi connectivity index (χ0v) is 13.5. The second-order valence-corrected chi connectivity index (χ2v) is 6.14. The van der Waals surface area contributed by atoms with Crippen LogP contribution in [0.2, 0.25) is 0 Å². The monoisotopic (exact) mass is 315 g/mol. The number of likely N-dealkylation sites (tertiary alicyclic amines) is 1. The molecule has 3 heterocycles. The van der Waals surface area contributed by atoms with Crippen molar-refractivity contribution >= 4 is 5.91 Å². The lowest BCUT2D eigenvalue weighted by molar-refractivity contribution is 0.0682. The average molecular weight is 315 g/mol. The summed E-state index contributed by atoms with van der Waals surface area (Å²) in [5.74, 6) is 0.409. The van der Waals surface area contributed by atoms with E-state index in [4.69, 9.17) is 0 Å². The fraction of sp³-hybridized carbons (Fsp3) is 0.500. The molecule has 7 heteroatoms. The van der Waals surface area contributed by atoms with Crippen molar-refractivity contribution in [2.75, 3.05) is 13.1 Å². The van der Waals surface area contributed by atoms with Gasteiger partial charge in [-0.25, -0.2) is 4.98 Å². The molecule has 2 aromatic heterocycles. The summed E-state index contributed by atoms with van der Waals surface area (Å²) in [4.78, 5) is 30.6. The highest BCUT2D eigenvalue weighted by atomic mass is 16.2. The molecule has 0 saturated carbocycles. The fourth-order valence-corrected chi connectivity index (χ4v) is 2.95. The molecular weight excluding hydrogens is 294 g/mol. The summed E-state index contributed by atoms with van der Waals surface area (Å²) in [5, 5.41) is 6.48. The Morgan fingerprint density at radius 2 is 2.09 bits per heavy atom. The molecule has 1 aliphatic heterocycles. The Labute approximate surface area is 134 Å². The van der Waals surface area contributed by atoms with E-state index in [1.54, 1.807) is 23.3 Å². The van der Waals surface area contributed by atoms with Crippen LogP contribution in [0.25, 0.3) is 0 Å². The Balaban J connectivity index is 1.61. The molecule has 0 aromatic carbocycles. The molecule has 0 radical (unpaired) electrons. The summed E-state index contributed by atoms with van der Waals surface area (Å²) in [5.41, 5.74) is 2.12. The van der Waals surface area contributed by atoms with Crippen LogP contribution in [-0.4, -0.2) is 43.6 Å². The quantitative estimate of drug-likeness (QED) is 0.920. The van der Waals surface area contributed by atoms with E-state index in [-0.39, 0.29) is 11.5 Å². The molecule has 122 valence electrons. The molecule has 1 fully saturated rings. The van der Waals surface area contributed by atoms with Crippen molar-refractivity contribution in [1.82, 2.24) is 24.6 Å². The van der Waals surface area contributed by atoms with Gasteiger partial charge in [-0.15, -0.1) is 0 Å². The molecule has 3 rings (SSSR count). The van der Waals surface area contributed by atoms with E-state index in [1.807, 2.05) is 18.7 Å². The van der Waals surface area contributed by atoms with Gasteiger partial charge < -0.3 is 4.90 Å². The third kappa shape index (κ3) is 3.18. The molecule has 2 aromatic rings. The third-order valence-electron chi connectivity index (χ3n) is 4.62. The van der Waals surface area contributed by atoms with Crippen molar-refractivity contribution < 1.29 is 4.79 Å². The van der Waals surface area contributed by atoms with E-state index < -0.39 is 0 Å². The number of aromatic amines is 1. The van der Waals surface area contributed by atoms with Crippen molar-refractivity contribution in [2.45, 2.75) is 33.2 Å². The fourth-order valence-electron chi connectivity index (χ4n) is 2.95. The standard InChI is InChI=1S/C16H21N5O2/c1-11-12(2)17-10-21(15(11)22)9-13-3-5-20(6-4-13)16(23)14-7-18-19-8-14/h7-8,10,13H,3-6,9H2,1-2H3,(H,18,19). The number of amides is 1. The summed E-state index contributed by atoms with van der Waals surface area (Å²) in [6.07, 6.45) is 6.59. The Hall–Kier alpha value is -2.44. The molecule has 0 unspecified atom stereocenters. The van der Waals surface area contributed by atoms with Crippen LogP contribution in [0, 0.1) is 19.8 Å². The van der Waals surface area contributed by atoms with Gasteiger partial charge >= 0.3 is 0 Å². The maximum atomic E-state index is 12.3. The number of aromatic nitrogens is 4. The third-order valence-corrected chi connectivity index (χ3v) is 4.62. The highest BCUT2D eigenvalue weighted by Crippen LogP contribution is 2.20. The SMILES string of the molecule is Cc1ncn(CC2CCN(C(=O)c3cn[nH]c3)CC2)c(=O)c1C. The predicted octanol–water partition coefficient (Wildman–Crippen LogP) is 1.14. The van der Waals surface area contributed by atoms with Crippen LogP contribution in [0.1, 0.15) is 34.5 Å². The number of carbonyl (C=O) groups is 1. The molecule has 23 heavy (non-hydrogen) atoms. The van der Waals surface area contributed by atoms with Crippen molar-refractivity contribution in [3.05, 3.63) is 45.9 Å². The van der Waals surface area contributed by atoms with Crippen molar-refractivity contribution in [3.8, 4) is 0 Å². The smallest absolute Gasteiger partial charge is 0.257 e. The molecule has 0 aliphatic carbocycles. The Bertz CT molecular complexity index is 742.